The van der Waals surface area contributed by atoms with Crippen LogP contribution in [0.25, 0.3) is 0 Å². The molecule has 1 amide bonds. The lowest BCUT2D eigenvalue weighted by Crippen LogP contribution is -2.43. The molecule has 2 unspecified atom stereocenters. The molecular formula is C30H35N3O4S. The number of anilines is 1. The summed E-state index contributed by atoms with van der Waals surface area (Å²) < 4.78 is 11.2. The van der Waals surface area contributed by atoms with Gasteiger partial charge in [0.2, 0.25) is 0 Å². The Labute approximate surface area is 228 Å². The molecule has 2 aliphatic heterocycles. The minimum absolute atomic E-state index is 0.0335. The van der Waals surface area contributed by atoms with Crippen molar-refractivity contribution < 1.29 is 19.1 Å². The summed E-state index contributed by atoms with van der Waals surface area (Å²) >= 11 is 1.44. The van der Waals surface area contributed by atoms with Crippen LogP contribution in [0.15, 0.2) is 48.5 Å². The summed E-state index contributed by atoms with van der Waals surface area (Å²) in [5, 5.41) is 0.473. The van der Waals surface area contributed by atoms with Crippen molar-refractivity contribution in [3.8, 4) is 5.75 Å². The molecular weight excluding hydrogens is 498 g/mol. The second-order valence-corrected chi connectivity index (χ2v) is 12.0. The molecule has 8 heteroatoms. The van der Waals surface area contributed by atoms with Gasteiger partial charge in [-0.2, -0.15) is 0 Å². The van der Waals surface area contributed by atoms with Crippen molar-refractivity contribution in [3.05, 3.63) is 81.2 Å². The first kappa shape index (κ1) is 26.3. The van der Waals surface area contributed by atoms with Crippen LogP contribution in [0, 0.1) is 0 Å². The van der Waals surface area contributed by atoms with E-state index in [-0.39, 0.29) is 24.0 Å². The monoisotopic (exact) mass is 533 g/mol. The quantitative estimate of drug-likeness (QED) is 0.415. The van der Waals surface area contributed by atoms with Crippen molar-refractivity contribution in [3.63, 3.8) is 0 Å². The highest BCUT2D eigenvalue weighted by molar-refractivity contribution is 7.16. The van der Waals surface area contributed by atoms with Crippen LogP contribution in [-0.2, 0) is 17.7 Å². The zero-order valence-corrected chi connectivity index (χ0v) is 23.4. The van der Waals surface area contributed by atoms with Gasteiger partial charge >= 0.3 is 5.97 Å². The van der Waals surface area contributed by atoms with Gasteiger partial charge in [0.15, 0.2) is 0 Å². The fourth-order valence-corrected chi connectivity index (χ4v) is 6.83. The van der Waals surface area contributed by atoms with E-state index in [2.05, 4.69) is 24.0 Å². The summed E-state index contributed by atoms with van der Waals surface area (Å²) in [6.45, 7) is 9.50. The van der Waals surface area contributed by atoms with E-state index >= 15 is 0 Å². The van der Waals surface area contributed by atoms with Crippen LogP contribution in [0.4, 0.5) is 5.00 Å². The first-order chi connectivity index (χ1) is 18.1. The number of ether oxygens (including phenoxy) is 2. The van der Waals surface area contributed by atoms with Gasteiger partial charge in [-0.05, 0) is 56.9 Å². The van der Waals surface area contributed by atoms with Crippen LogP contribution in [0.5, 0.6) is 5.75 Å². The first-order valence-corrected chi connectivity index (χ1v) is 13.8. The molecule has 2 aromatic carbocycles. The number of carbonyl (C=O) groups is 2. The molecule has 0 aliphatic carbocycles. The Morgan fingerprint density at radius 3 is 2.58 bits per heavy atom. The minimum atomic E-state index is -0.618. The number of hydrogen-bond acceptors (Lipinski definition) is 7. The summed E-state index contributed by atoms with van der Waals surface area (Å²) in [6.07, 6.45) is 0.688. The standard InChI is InChI=1S/C30H35N3O4S/c1-18(19-10-7-6-8-11-19)33-15-14-21-25(29(35)37-30(2,3)4)27(31)38-26(21)22(33)17-32-16-20-12-9-13-23(36-5)24(20)28(32)34/h6-13,18,22H,14-17,31H2,1-5H3. The molecule has 2 atom stereocenters. The largest absolute Gasteiger partial charge is 0.496 e. The molecule has 7 nitrogen and oxygen atoms in total. The van der Waals surface area contributed by atoms with Gasteiger partial charge in [0.05, 0.1) is 24.3 Å². The number of methoxy groups -OCH3 is 1. The highest BCUT2D eigenvalue weighted by atomic mass is 32.1. The number of nitrogen functional groups attached to an aromatic ring is 1. The molecule has 3 heterocycles. The number of fused-ring (bicyclic) bond motifs is 2. The van der Waals surface area contributed by atoms with Crippen LogP contribution >= 0.6 is 11.3 Å². The number of amides is 1. The van der Waals surface area contributed by atoms with E-state index in [4.69, 9.17) is 15.2 Å². The van der Waals surface area contributed by atoms with Crippen molar-refractivity contribution >= 4 is 28.2 Å². The lowest BCUT2D eigenvalue weighted by atomic mass is 9.93. The second kappa shape index (κ2) is 10.1. The number of carbonyl (C=O) groups excluding carboxylic acids is 2. The van der Waals surface area contributed by atoms with E-state index < -0.39 is 5.60 Å². The van der Waals surface area contributed by atoms with Crippen molar-refractivity contribution in [2.75, 3.05) is 25.9 Å². The average Bonchev–Trinajstić information content (AvgIpc) is 3.39. The summed E-state index contributed by atoms with van der Waals surface area (Å²) in [5.74, 6) is 0.181. The summed E-state index contributed by atoms with van der Waals surface area (Å²) in [6, 6.07) is 16.1. The van der Waals surface area contributed by atoms with Crippen LogP contribution in [0.3, 0.4) is 0 Å². The minimum Gasteiger partial charge on any atom is -0.496 e. The zero-order valence-electron chi connectivity index (χ0n) is 22.6. The van der Waals surface area contributed by atoms with Crippen LogP contribution in [0.1, 0.15) is 82.1 Å². The molecule has 3 aromatic rings. The lowest BCUT2D eigenvalue weighted by molar-refractivity contribution is 0.00683. The molecule has 0 saturated carbocycles. The smallest absolute Gasteiger partial charge is 0.341 e. The Hall–Kier alpha value is -3.36. The molecule has 200 valence electrons. The molecule has 0 saturated heterocycles. The Balaban J connectivity index is 1.53. The molecule has 5 rings (SSSR count). The molecule has 0 bridgehead atoms. The first-order valence-electron chi connectivity index (χ1n) is 13.0. The number of thiophene rings is 1. The number of nitrogens with zero attached hydrogens (tertiary/aromatic N) is 2. The normalized spacial score (nSPS) is 18.2. The van der Waals surface area contributed by atoms with E-state index in [0.29, 0.717) is 41.4 Å². The van der Waals surface area contributed by atoms with Gasteiger partial charge < -0.3 is 20.1 Å². The highest BCUT2D eigenvalue weighted by Crippen LogP contribution is 2.45. The maximum Gasteiger partial charge on any atom is 0.341 e. The molecule has 0 spiro atoms. The van der Waals surface area contributed by atoms with Crippen LogP contribution in [-0.4, -0.2) is 47.5 Å². The van der Waals surface area contributed by atoms with Crippen molar-refractivity contribution in [1.29, 1.82) is 0 Å². The van der Waals surface area contributed by atoms with E-state index in [0.717, 1.165) is 22.5 Å². The Kier molecular flexibility index (Phi) is 6.96. The van der Waals surface area contributed by atoms with E-state index in [1.807, 2.05) is 62.1 Å². The molecule has 2 aliphatic rings. The number of benzene rings is 2. The van der Waals surface area contributed by atoms with Gasteiger partial charge in [-0.3, -0.25) is 9.69 Å². The van der Waals surface area contributed by atoms with Crippen molar-refractivity contribution in [2.45, 2.75) is 58.3 Å². The third kappa shape index (κ3) is 4.78. The molecule has 38 heavy (non-hydrogen) atoms. The molecule has 2 N–H and O–H groups in total. The van der Waals surface area contributed by atoms with Gasteiger partial charge in [0, 0.05) is 30.6 Å². The maximum absolute atomic E-state index is 13.6. The van der Waals surface area contributed by atoms with E-state index in [1.54, 1.807) is 7.11 Å². The topological polar surface area (TPSA) is 85.1 Å². The molecule has 0 radical (unpaired) electrons. The SMILES string of the molecule is COc1cccc2c1C(=O)N(CC1c3sc(N)c(C(=O)OC(C)(C)C)c3CCN1C(C)c1ccccc1)C2. The molecule has 1 aromatic heterocycles. The summed E-state index contributed by atoms with van der Waals surface area (Å²) in [7, 11) is 1.59. The zero-order chi connectivity index (χ0) is 27.2. The van der Waals surface area contributed by atoms with E-state index in [1.165, 1.54) is 16.9 Å². The van der Waals surface area contributed by atoms with Gasteiger partial charge in [-0.15, -0.1) is 11.3 Å². The number of rotatable bonds is 6. The maximum atomic E-state index is 13.6. The fraction of sp³-hybridized carbons (Fsp3) is 0.400. The van der Waals surface area contributed by atoms with Gasteiger partial charge in [0.1, 0.15) is 16.4 Å². The second-order valence-electron chi connectivity index (χ2n) is 11.0. The van der Waals surface area contributed by atoms with Crippen molar-refractivity contribution in [1.82, 2.24) is 9.80 Å². The van der Waals surface area contributed by atoms with Crippen molar-refractivity contribution in [2.24, 2.45) is 0 Å². The molecule has 0 fully saturated rings. The summed E-state index contributed by atoms with van der Waals surface area (Å²) in [4.78, 5) is 32.1. The Morgan fingerprint density at radius 1 is 1.16 bits per heavy atom. The van der Waals surface area contributed by atoms with Crippen LogP contribution < -0.4 is 10.5 Å². The third-order valence-electron chi connectivity index (χ3n) is 7.36. The van der Waals surface area contributed by atoms with E-state index in [9.17, 15) is 9.59 Å². The number of hydrogen-bond donors (Lipinski definition) is 1. The Morgan fingerprint density at radius 2 is 1.89 bits per heavy atom. The predicted molar refractivity (Wildman–Crippen MR) is 150 cm³/mol. The van der Waals surface area contributed by atoms with Gasteiger partial charge in [-0.1, -0.05) is 42.5 Å². The van der Waals surface area contributed by atoms with Gasteiger partial charge in [0.25, 0.3) is 5.91 Å². The van der Waals surface area contributed by atoms with Gasteiger partial charge in [-0.25, -0.2) is 4.79 Å². The van der Waals surface area contributed by atoms with Crippen LogP contribution in [0.2, 0.25) is 0 Å². The Bertz CT molecular complexity index is 1360. The average molecular weight is 534 g/mol. The third-order valence-corrected chi connectivity index (χ3v) is 8.52. The highest BCUT2D eigenvalue weighted by Gasteiger charge is 2.40. The summed E-state index contributed by atoms with van der Waals surface area (Å²) in [5.41, 5.74) is 10.1. The number of esters is 1. The number of nitrogens with two attached hydrogens (primary N) is 1. The lowest BCUT2D eigenvalue weighted by Gasteiger charge is -2.41. The fourth-order valence-electron chi connectivity index (χ4n) is 5.61. The predicted octanol–water partition coefficient (Wildman–Crippen LogP) is 5.61.